The smallest absolute Gasteiger partial charge is 0.407 e. The van der Waals surface area contributed by atoms with E-state index in [1.807, 2.05) is 75.4 Å². The van der Waals surface area contributed by atoms with Gasteiger partial charge in [-0.05, 0) is 68.3 Å². The monoisotopic (exact) mass is 459 g/mol. The number of hydrogen-bond donors (Lipinski definition) is 2. The third-order valence-corrected chi connectivity index (χ3v) is 5.50. The Hall–Kier alpha value is -4.00. The fourth-order valence-electron chi connectivity index (χ4n) is 3.79. The molecule has 7 heteroatoms. The fraction of sp³-hybridized carbons (Fsp3) is 0.259. The highest BCUT2D eigenvalue weighted by Gasteiger charge is 2.13. The first-order valence-electron chi connectivity index (χ1n) is 11.1. The summed E-state index contributed by atoms with van der Waals surface area (Å²) >= 11 is 0. The number of benzene rings is 3. The van der Waals surface area contributed by atoms with Crippen molar-refractivity contribution in [1.29, 1.82) is 0 Å². The van der Waals surface area contributed by atoms with Gasteiger partial charge in [0.25, 0.3) is 0 Å². The molecule has 0 saturated carbocycles. The normalized spacial score (nSPS) is 11.0. The fourth-order valence-corrected chi connectivity index (χ4v) is 3.79. The van der Waals surface area contributed by atoms with Crippen molar-refractivity contribution in [1.82, 2.24) is 10.3 Å². The van der Waals surface area contributed by atoms with Gasteiger partial charge in [0.15, 0.2) is 0 Å². The maximum Gasteiger partial charge on any atom is 0.407 e. The van der Waals surface area contributed by atoms with E-state index in [9.17, 15) is 4.79 Å². The van der Waals surface area contributed by atoms with Crippen LogP contribution in [-0.2, 0) is 11.3 Å². The maximum atomic E-state index is 11.7. The molecule has 1 amide bonds. The number of pyridine rings is 1. The molecule has 4 rings (SSSR count). The number of aromatic nitrogens is 1. The molecular formula is C27H29N3O4. The number of carbonyl (C=O) groups is 1. The van der Waals surface area contributed by atoms with Crippen molar-refractivity contribution in [2.45, 2.75) is 33.4 Å². The Balaban J connectivity index is 1.69. The van der Waals surface area contributed by atoms with E-state index < -0.39 is 6.09 Å². The highest BCUT2D eigenvalue weighted by atomic mass is 16.5. The third-order valence-electron chi connectivity index (χ3n) is 5.50. The Labute approximate surface area is 199 Å². The van der Waals surface area contributed by atoms with Crippen molar-refractivity contribution in [3.8, 4) is 11.5 Å². The third kappa shape index (κ3) is 4.98. The molecule has 0 bridgehead atoms. The number of aryl methyl sites for hydroxylation is 1. The summed E-state index contributed by atoms with van der Waals surface area (Å²) in [6.07, 6.45) is -0.424. The summed E-state index contributed by atoms with van der Waals surface area (Å²) in [4.78, 5) is 16.6. The molecular weight excluding hydrogens is 430 g/mol. The Morgan fingerprint density at radius 1 is 0.941 bits per heavy atom. The second-order valence-electron chi connectivity index (χ2n) is 8.41. The predicted molar refractivity (Wildman–Crippen MR) is 135 cm³/mol. The topological polar surface area (TPSA) is 81.7 Å². The van der Waals surface area contributed by atoms with Crippen LogP contribution in [0.1, 0.15) is 25.0 Å². The van der Waals surface area contributed by atoms with Crippen LogP contribution in [0.15, 0.2) is 54.6 Å². The van der Waals surface area contributed by atoms with Gasteiger partial charge in [0.05, 0.1) is 30.9 Å². The summed E-state index contributed by atoms with van der Waals surface area (Å²) in [5.74, 6) is 1.55. The molecule has 4 aromatic rings. The van der Waals surface area contributed by atoms with E-state index >= 15 is 0 Å². The van der Waals surface area contributed by atoms with E-state index in [1.165, 1.54) is 0 Å². The Morgan fingerprint density at radius 2 is 1.68 bits per heavy atom. The molecule has 0 aliphatic rings. The van der Waals surface area contributed by atoms with Crippen LogP contribution < -0.4 is 20.1 Å². The van der Waals surface area contributed by atoms with Gasteiger partial charge in [0, 0.05) is 28.6 Å². The van der Waals surface area contributed by atoms with Crippen LogP contribution in [0.4, 0.5) is 16.2 Å². The molecule has 0 unspecified atom stereocenters. The molecule has 176 valence electrons. The minimum Gasteiger partial charge on any atom is -0.497 e. The van der Waals surface area contributed by atoms with E-state index in [-0.39, 0.29) is 12.6 Å². The largest absolute Gasteiger partial charge is 0.497 e. The molecule has 1 aromatic heterocycles. The molecule has 7 nitrogen and oxygen atoms in total. The first-order valence-corrected chi connectivity index (χ1v) is 11.1. The van der Waals surface area contributed by atoms with Gasteiger partial charge in [-0.3, -0.25) is 0 Å². The summed E-state index contributed by atoms with van der Waals surface area (Å²) in [5, 5.41) is 8.20. The number of nitrogens with one attached hydrogen (secondary N) is 2. The number of hydrogen-bond acceptors (Lipinski definition) is 6. The van der Waals surface area contributed by atoms with Crippen LogP contribution in [0.25, 0.3) is 21.8 Å². The number of amides is 1. The molecule has 0 spiro atoms. The first-order chi connectivity index (χ1) is 16.4. The van der Waals surface area contributed by atoms with Crippen molar-refractivity contribution >= 4 is 39.3 Å². The van der Waals surface area contributed by atoms with Gasteiger partial charge in [-0.15, -0.1) is 0 Å². The number of nitrogens with zero attached hydrogens (tertiary/aromatic N) is 1. The lowest BCUT2D eigenvalue weighted by Crippen LogP contribution is -2.30. The second-order valence-corrected chi connectivity index (χ2v) is 8.41. The van der Waals surface area contributed by atoms with Crippen molar-refractivity contribution < 1.29 is 19.0 Å². The predicted octanol–water partition coefficient (Wildman–Crippen LogP) is 6.09. The number of ether oxygens (including phenoxy) is 3. The lowest BCUT2D eigenvalue weighted by Gasteiger charge is -2.16. The van der Waals surface area contributed by atoms with Crippen molar-refractivity contribution in [3.63, 3.8) is 0 Å². The van der Waals surface area contributed by atoms with Crippen molar-refractivity contribution in [2.75, 3.05) is 19.5 Å². The van der Waals surface area contributed by atoms with Crippen molar-refractivity contribution in [2.24, 2.45) is 0 Å². The molecule has 0 aliphatic carbocycles. The van der Waals surface area contributed by atoms with Gasteiger partial charge in [-0.2, -0.15) is 0 Å². The van der Waals surface area contributed by atoms with Gasteiger partial charge < -0.3 is 24.8 Å². The molecule has 0 atom stereocenters. The van der Waals surface area contributed by atoms with Crippen LogP contribution in [0, 0.1) is 6.92 Å². The van der Waals surface area contributed by atoms with Gasteiger partial charge in [-0.1, -0.05) is 12.1 Å². The quantitative estimate of drug-likeness (QED) is 0.325. The Morgan fingerprint density at radius 3 is 2.35 bits per heavy atom. The zero-order valence-corrected chi connectivity index (χ0v) is 20.1. The highest BCUT2D eigenvalue weighted by molar-refractivity contribution is 6.09. The lowest BCUT2D eigenvalue weighted by molar-refractivity contribution is 0.137. The molecule has 3 aromatic carbocycles. The summed E-state index contributed by atoms with van der Waals surface area (Å²) in [5.41, 5.74) is 5.45. The van der Waals surface area contributed by atoms with Crippen LogP contribution in [0.5, 0.6) is 11.5 Å². The number of alkyl carbamates (subject to hydrolysis) is 1. The van der Waals surface area contributed by atoms with Gasteiger partial charge in [0.1, 0.15) is 18.1 Å². The molecule has 34 heavy (non-hydrogen) atoms. The van der Waals surface area contributed by atoms with E-state index in [0.29, 0.717) is 0 Å². The molecule has 0 radical (unpaired) electrons. The van der Waals surface area contributed by atoms with E-state index in [0.717, 1.165) is 55.8 Å². The Kier molecular flexibility index (Phi) is 6.72. The van der Waals surface area contributed by atoms with E-state index in [2.05, 4.69) is 10.6 Å². The van der Waals surface area contributed by atoms with Gasteiger partial charge in [0.2, 0.25) is 0 Å². The first kappa shape index (κ1) is 23.2. The molecule has 0 fully saturated rings. The van der Waals surface area contributed by atoms with Crippen LogP contribution in [-0.4, -0.2) is 31.3 Å². The summed E-state index contributed by atoms with van der Waals surface area (Å²) in [7, 11) is 3.32. The van der Waals surface area contributed by atoms with Gasteiger partial charge >= 0.3 is 6.09 Å². The summed E-state index contributed by atoms with van der Waals surface area (Å²) in [6, 6.07) is 17.7. The number of methoxy groups -OCH3 is 2. The maximum absolute atomic E-state index is 11.7. The molecule has 2 N–H and O–H groups in total. The minimum absolute atomic E-state index is 0.0338. The second kappa shape index (κ2) is 9.87. The van der Waals surface area contributed by atoms with E-state index in [4.69, 9.17) is 19.2 Å². The Bertz CT molecular complexity index is 1330. The van der Waals surface area contributed by atoms with E-state index in [1.54, 1.807) is 14.2 Å². The van der Waals surface area contributed by atoms with Crippen molar-refractivity contribution in [3.05, 3.63) is 65.7 Å². The number of rotatable bonds is 7. The molecule has 1 heterocycles. The minimum atomic E-state index is -0.424. The lowest BCUT2D eigenvalue weighted by atomic mass is 10.0. The number of carbonyl (C=O) groups excluding carboxylic acids is 1. The van der Waals surface area contributed by atoms with Crippen LogP contribution >= 0.6 is 0 Å². The van der Waals surface area contributed by atoms with Crippen LogP contribution in [0.2, 0.25) is 0 Å². The average molecular weight is 460 g/mol. The summed E-state index contributed by atoms with van der Waals surface area (Å²) < 4.78 is 16.2. The standard InChI is InChI=1S/C27H29N3O4/c1-16(2)28-27(31)34-15-18-6-8-19(9-7-18)29-26-21-11-10-20(32-4)13-24(21)30-23-12-17(3)25(33-5)14-22(23)26/h6-14,16H,15H2,1-5H3,(H,28,31)(H,29,30). The summed E-state index contributed by atoms with van der Waals surface area (Å²) in [6.45, 7) is 5.99. The zero-order chi connectivity index (χ0) is 24.2. The average Bonchev–Trinajstić information content (AvgIpc) is 2.82. The SMILES string of the molecule is COc1ccc2c(Nc3ccc(COC(=O)NC(C)C)cc3)c3cc(OC)c(C)cc3nc2c1. The molecule has 0 saturated heterocycles. The van der Waals surface area contributed by atoms with Gasteiger partial charge in [-0.25, -0.2) is 9.78 Å². The van der Waals surface area contributed by atoms with Crippen LogP contribution in [0.3, 0.4) is 0 Å². The number of fused-ring (bicyclic) bond motifs is 2. The zero-order valence-electron chi connectivity index (χ0n) is 20.1. The molecule has 0 aliphatic heterocycles. The number of anilines is 2. The highest BCUT2D eigenvalue weighted by Crippen LogP contribution is 2.37.